The molecular formula is C32H53N3O4S. The van der Waals surface area contributed by atoms with E-state index in [1.165, 1.54) is 5.56 Å². The van der Waals surface area contributed by atoms with Crippen LogP contribution in [-0.2, 0) is 15.3 Å². The van der Waals surface area contributed by atoms with Gasteiger partial charge < -0.3 is 20.1 Å². The summed E-state index contributed by atoms with van der Waals surface area (Å²) < 4.78 is 37.7. The van der Waals surface area contributed by atoms with Gasteiger partial charge in [0, 0.05) is 36.4 Å². The maximum Gasteiger partial charge on any atom is 0.213 e. The third-order valence-electron chi connectivity index (χ3n) is 6.50. The van der Waals surface area contributed by atoms with E-state index < -0.39 is 9.84 Å². The molecule has 0 radical (unpaired) electrons. The van der Waals surface area contributed by atoms with E-state index in [0.29, 0.717) is 36.2 Å². The van der Waals surface area contributed by atoms with Gasteiger partial charge in [0.25, 0.3) is 0 Å². The second-order valence-electron chi connectivity index (χ2n) is 14.5. The second-order valence-corrected chi connectivity index (χ2v) is 16.6. The molecule has 0 aliphatic rings. The van der Waals surface area contributed by atoms with E-state index in [9.17, 15) is 8.42 Å². The van der Waals surface area contributed by atoms with Crippen LogP contribution in [0.25, 0.3) is 0 Å². The maximum absolute atomic E-state index is 12.9. The van der Waals surface area contributed by atoms with Gasteiger partial charge >= 0.3 is 0 Å². The summed E-state index contributed by atoms with van der Waals surface area (Å²) in [6.07, 6.45) is 2.53. The molecule has 7 nitrogen and oxygen atoms in total. The third kappa shape index (κ3) is 12.1. The minimum atomic E-state index is -3.41. The molecule has 0 amide bonds. The summed E-state index contributed by atoms with van der Waals surface area (Å²) >= 11 is 0. The first-order valence-electron chi connectivity index (χ1n) is 14.3. The molecule has 2 rings (SSSR count). The van der Waals surface area contributed by atoms with Gasteiger partial charge in [-0.05, 0) is 87.8 Å². The normalized spacial score (nSPS) is 14.2. The Morgan fingerprint density at radius 2 is 1.48 bits per heavy atom. The number of aromatic nitrogens is 1. The van der Waals surface area contributed by atoms with E-state index >= 15 is 0 Å². The SMILES string of the molecule is C[C@@H](CNC(C)(C)CC(C)(C)NCCS(=O)(=O)c1ccc(OCC(C)(C)C)cc1)Oc1cc(C(C)(C)C)ccn1. The molecular weight excluding hydrogens is 522 g/mol. The van der Waals surface area contributed by atoms with Crippen LogP contribution in [0.3, 0.4) is 0 Å². The Labute approximate surface area is 243 Å². The van der Waals surface area contributed by atoms with E-state index in [-0.39, 0.29) is 33.8 Å². The Hall–Kier alpha value is -2.16. The standard InChI is InChI=1S/C32H53N3O4S/c1-24(39-28-20-25(16-17-33-28)30(5,6)7)21-35-32(10,11)22-31(8,9)34-18-19-40(36,37)27-14-12-26(13-15-27)38-23-29(2,3)4/h12-17,20,24,34-35H,18-19,21-23H2,1-11H3/t24-/m0/s1. The first-order chi connectivity index (χ1) is 18.2. The molecule has 0 spiro atoms. The first kappa shape index (κ1) is 34.0. The molecule has 2 aromatic rings. The number of benzene rings is 1. The molecule has 1 aromatic heterocycles. The van der Waals surface area contributed by atoms with Crippen LogP contribution in [0.1, 0.15) is 88.1 Å². The van der Waals surface area contributed by atoms with Gasteiger partial charge in [-0.25, -0.2) is 13.4 Å². The van der Waals surface area contributed by atoms with Crippen LogP contribution in [0, 0.1) is 5.41 Å². The number of nitrogens with one attached hydrogen (secondary N) is 2. The summed E-state index contributed by atoms with van der Waals surface area (Å²) in [4.78, 5) is 4.69. The Balaban J connectivity index is 1.84. The molecule has 2 N–H and O–H groups in total. The smallest absolute Gasteiger partial charge is 0.213 e. The van der Waals surface area contributed by atoms with Crippen molar-refractivity contribution in [3.63, 3.8) is 0 Å². The van der Waals surface area contributed by atoms with Gasteiger partial charge in [-0.3, -0.25) is 0 Å². The summed E-state index contributed by atoms with van der Waals surface area (Å²) in [6, 6.07) is 10.8. The number of nitrogens with zero attached hydrogens (tertiary/aromatic N) is 1. The third-order valence-corrected chi connectivity index (χ3v) is 8.24. The lowest BCUT2D eigenvalue weighted by Gasteiger charge is -2.37. The first-order valence-corrected chi connectivity index (χ1v) is 15.9. The largest absolute Gasteiger partial charge is 0.493 e. The van der Waals surface area contributed by atoms with Crippen LogP contribution in [0.2, 0.25) is 0 Å². The number of hydrogen-bond donors (Lipinski definition) is 2. The topological polar surface area (TPSA) is 89.5 Å². The Morgan fingerprint density at radius 1 is 0.875 bits per heavy atom. The molecule has 8 heteroatoms. The fraction of sp³-hybridized carbons (Fsp3) is 0.656. The highest BCUT2D eigenvalue weighted by Gasteiger charge is 2.29. The summed E-state index contributed by atoms with van der Waals surface area (Å²) in [5.41, 5.74) is 0.790. The van der Waals surface area contributed by atoms with Crippen molar-refractivity contribution in [2.45, 2.75) is 110 Å². The minimum Gasteiger partial charge on any atom is -0.493 e. The summed E-state index contributed by atoms with van der Waals surface area (Å²) in [7, 11) is -3.41. The Kier molecular flexibility index (Phi) is 11.2. The minimum absolute atomic E-state index is 0.0258. The molecule has 1 aromatic carbocycles. The molecule has 0 saturated heterocycles. The lowest BCUT2D eigenvalue weighted by atomic mass is 9.86. The van der Waals surface area contributed by atoms with Crippen LogP contribution in [0.15, 0.2) is 47.5 Å². The molecule has 1 atom stereocenters. The lowest BCUT2D eigenvalue weighted by Crippen LogP contribution is -2.53. The average molecular weight is 576 g/mol. The summed E-state index contributed by atoms with van der Waals surface area (Å²) in [5.74, 6) is 1.34. The van der Waals surface area contributed by atoms with Crippen LogP contribution in [-0.4, -0.2) is 56.0 Å². The van der Waals surface area contributed by atoms with E-state index in [4.69, 9.17) is 9.47 Å². The number of pyridine rings is 1. The summed E-state index contributed by atoms with van der Waals surface area (Å²) in [5, 5.41) is 7.07. The number of sulfone groups is 1. The zero-order chi connectivity index (χ0) is 30.4. The average Bonchev–Trinajstić information content (AvgIpc) is 2.80. The van der Waals surface area contributed by atoms with Gasteiger partial charge in [-0.15, -0.1) is 0 Å². The van der Waals surface area contributed by atoms with E-state index in [1.807, 2.05) is 19.1 Å². The van der Waals surface area contributed by atoms with E-state index in [0.717, 1.165) is 6.42 Å². The molecule has 40 heavy (non-hydrogen) atoms. The van der Waals surface area contributed by atoms with Crippen LogP contribution in [0.4, 0.5) is 0 Å². The van der Waals surface area contributed by atoms with Crippen molar-refractivity contribution >= 4 is 9.84 Å². The molecule has 0 bridgehead atoms. The van der Waals surface area contributed by atoms with Gasteiger partial charge in [-0.2, -0.15) is 0 Å². The zero-order valence-electron chi connectivity index (χ0n) is 26.6. The quantitative estimate of drug-likeness (QED) is 0.278. The van der Waals surface area contributed by atoms with E-state index in [1.54, 1.807) is 30.5 Å². The summed E-state index contributed by atoms with van der Waals surface area (Å²) in [6.45, 7) is 24.9. The van der Waals surface area contributed by atoms with E-state index in [2.05, 4.69) is 84.9 Å². The van der Waals surface area contributed by atoms with Crippen molar-refractivity contribution in [3.05, 3.63) is 48.2 Å². The molecule has 226 valence electrons. The van der Waals surface area contributed by atoms with Gasteiger partial charge in [-0.1, -0.05) is 41.5 Å². The van der Waals surface area contributed by atoms with Gasteiger partial charge in [0.05, 0.1) is 17.3 Å². The van der Waals surface area contributed by atoms with Gasteiger partial charge in [0.2, 0.25) is 5.88 Å². The predicted molar refractivity (Wildman–Crippen MR) is 165 cm³/mol. The van der Waals surface area contributed by atoms with Crippen LogP contribution >= 0.6 is 0 Å². The number of ether oxygens (including phenoxy) is 2. The predicted octanol–water partition coefficient (Wildman–Crippen LogP) is 6.17. The van der Waals surface area contributed by atoms with Crippen molar-refractivity contribution in [1.29, 1.82) is 0 Å². The monoisotopic (exact) mass is 575 g/mol. The Bertz CT molecular complexity index is 1180. The maximum atomic E-state index is 12.9. The molecule has 0 unspecified atom stereocenters. The molecule has 0 aliphatic carbocycles. The molecule has 0 saturated carbocycles. The lowest BCUT2D eigenvalue weighted by molar-refractivity contribution is 0.178. The Morgan fingerprint density at radius 3 is 2.05 bits per heavy atom. The van der Waals surface area contributed by atoms with Crippen molar-refractivity contribution in [3.8, 4) is 11.6 Å². The highest BCUT2D eigenvalue weighted by atomic mass is 32.2. The number of rotatable bonds is 14. The molecule has 0 aliphatic heterocycles. The molecule has 1 heterocycles. The van der Waals surface area contributed by atoms with Crippen molar-refractivity contribution in [2.75, 3.05) is 25.4 Å². The van der Waals surface area contributed by atoms with Gasteiger partial charge in [0.15, 0.2) is 9.84 Å². The van der Waals surface area contributed by atoms with Gasteiger partial charge in [0.1, 0.15) is 11.9 Å². The zero-order valence-corrected chi connectivity index (χ0v) is 27.5. The fourth-order valence-electron chi connectivity index (χ4n) is 4.52. The second kappa shape index (κ2) is 13.2. The molecule has 0 fully saturated rings. The highest BCUT2D eigenvalue weighted by Crippen LogP contribution is 2.25. The van der Waals surface area contributed by atoms with Crippen LogP contribution < -0.4 is 20.1 Å². The fourth-order valence-corrected chi connectivity index (χ4v) is 5.68. The highest BCUT2D eigenvalue weighted by molar-refractivity contribution is 7.91. The van der Waals surface area contributed by atoms with Crippen molar-refractivity contribution in [2.24, 2.45) is 5.41 Å². The van der Waals surface area contributed by atoms with Crippen molar-refractivity contribution < 1.29 is 17.9 Å². The number of hydrogen-bond acceptors (Lipinski definition) is 7. The van der Waals surface area contributed by atoms with Crippen LogP contribution in [0.5, 0.6) is 11.6 Å². The van der Waals surface area contributed by atoms with Crippen molar-refractivity contribution in [1.82, 2.24) is 15.6 Å².